The largest absolute Gasteiger partial charge is 0.495 e. The fraction of sp³-hybridized carbons (Fsp3) is 0.500. The van der Waals surface area contributed by atoms with Crippen molar-refractivity contribution in [1.82, 2.24) is 14.8 Å². The number of amides is 1. The molecule has 1 unspecified atom stereocenters. The van der Waals surface area contributed by atoms with Gasteiger partial charge in [-0.3, -0.25) is 9.59 Å². The summed E-state index contributed by atoms with van der Waals surface area (Å²) < 4.78 is 17.5. The maximum Gasteiger partial charge on any atom is 0.338 e. The van der Waals surface area contributed by atoms with E-state index in [1.807, 2.05) is 6.07 Å². The number of nitrogens with one attached hydrogen (secondary N) is 1. The molecule has 2 N–H and O–H groups in total. The number of unbranched alkanes of at least 4 members (excludes halogenated alkanes) is 9. The van der Waals surface area contributed by atoms with Crippen LogP contribution in [0.5, 0.6) is 11.8 Å². The Morgan fingerprint density at radius 3 is 2.20 bits per heavy atom. The Bertz CT molecular complexity index is 1360. The molecule has 0 fully saturated rings. The van der Waals surface area contributed by atoms with Gasteiger partial charge in [0.15, 0.2) is 17.6 Å². The van der Waals surface area contributed by atoms with Gasteiger partial charge < -0.3 is 24.6 Å². The van der Waals surface area contributed by atoms with Crippen molar-refractivity contribution in [2.45, 2.75) is 84.1 Å². The molecular formula is C34H46N4O7. The topological polar surface area (TPSA) is 142 Å². The fourth-order valence-electron chi connectivity index (χ4n) is 4.86. The Kier molecular flexibility index (Phi) is 15.0. The average Bonchev–Trinajstić information content (AvgIpc) is 3.46. The number of nitrogens with zero attached hydrogens (tertiary/aromatic N) is 3. The predicted octanol–water partition coefficient (Wildman–Crippen LogP) is 6.17. The highest BCUT2D eigenvalue weighted by molar-refractivity contribution is 6.09. The second-order valence-corrected chi connectivity index (χ2v) is 10.8. The van der Waals surface area contributed by atoms with Crippen LogP contribution in [0.15, 0.2) is 48.5 Å². The molecular weight excluding hydrogens is 576 g/mol. The van der Waals surface area contributed by atoms with Gasteiger partial charge in [-0.05, 0) is 31.5 Å². The first-order valence-corrected chi connectivity index (χ1v) is 15.8. The number of esters is 1. The molecule has 1 heterocycles. The highest BCUT2D eigenvalue weighted by Gasteiger charge is 2.32. The van der Waals surface area contributed by atoms with Crippen LogP contribution in [0.25, 0.3) is 11.4 Å². The molecule has 3 rings (SSSR count). The number of aliphatic hydroxyl groups excluding tert-OH is 1. The summed E-state index contributed by atoms with van der Waals surface area (Å²) in [6.07, 6.45) is 11.8. The molecule has 0 aliphatic rings. The van der Waals surface area contributed by atoms with E-state index in [1.165, 1.54) is 65.0 Å². The second kappa shape index (κ2) is 19.2. The van der Waals surface area contributed by atoms with Gasteiger partial charge in [0.05, 0.1) is 31.6 Å². The van der Waals surface area contributed by atoms with Gasteiger partial charge in [-0.15, -0.1) is 5.10 Å². The van der Waals surface area contributed by atoms with Crippen molar-refractivity contribution >= 4 is 23.3 Å². The number of methoxy groups -OCH3 is 1. The van der Waals surface area contributed by atoms with Gasteiger partial charge in [0.1, 0.15) is 12.4 Å². The fourth-order valence-corrected chi connectivity index (χ4v) is 4.86. The molecule has 11 nitrogen and oxygen atoms in total. The van der Waals surface area contributed by atoms with E-state index in [4.69, 9.17) is 14.2 Å². The number of Topliss-reactive ketones (excluding diaryl/α,β-unsaturated/α-hetero) is 1. The van der Waals surface area contributed by atoms with Crippen LogP contribution in [0, 0.1) is 0 Å². The van der Waals surface area contributed by atoms with Gasteiger partial charge in [0, 0.05) is 5.56 Å². The first kappa shape index (κ1) is 35.2. The number of hydrogen-bond donors (Lipinski definition) is 2. The summed E-state index contributed by atoms with van der Waals surface area (Å²) in [5.74, 6) is -1.26. The molecule has 11 heteroatoms. The summed E-state index contributed by atoms with van der Waals surface area (Å²) in [5, 5.41) is 16.4. The summed E-state index contributed by atoms with van der Waals surface area (Å²) in [6, 6.07) is 12.0. The standard InChI is InChI=1S/C34H46N4O7/c1-4-5-6-7-8-9-10-11-12-16-22-44-33(42)27-19-20-29(43-3)28(24-27)35-32(41)30(25(2)40)38-34(45-23-21-39)36-31(37-38)26-17-14-13-15-18-26/h13-15,17-20,24,30,39H,4-12,16,21-23H2,1-3H3,(H,35,41). The van der Waals surface area contributed by atoms with Gasteiger partial charge in [0.2, 0.25) is 0 Å². The van der Waals surface area contributed by atoms with E-state index in [0.29, 0.717) is 12.2 Å². The number of anilines is 1. The van der Waals surface area contributed by atoms with E-state index in [0.717, 1.165) is 23.9 Å². The van der Waals surface area contributed by atoms with E-state index in [2.05, 4.69) is 22.3 Å². The van der Waals surface area contributed by atoms with Crippen molar-refractivity contribution in [3.05, 3.63) is 54.1 Å². The zero-order chi connectivity index (χ0) is 32.4. The van der Waals surface area contributed by atoms with Gasteiger partial charge in [-0.2, -0.15) is 9.67 Å². The third kappa shape index (κ3) is 11.0. The molecule has 0 bridgehead atoms. The number of hydrogen-bond acceptors (Lipinski definition) is 9. The lowest BCUT2D eigenvalue weighted by Gasteiger charge is -2.18. The first-order chi connectivity index (χ1) is 21.9. The maximum atomic E-state index is 13.6. The monoisotopic (exact) mass is 622 g/mol. The molecule has 3 aromatic rings. The van der Waals surface area contributed by atoms with Gasteiger partial charge in [-0.1, -0.05) is 95.0 Å². The molecule has 1 atom stereocenters. The Labute approximate surface area is 265 Å². The molecule has 0 saturated heterocycles. The summed E-state index contributed by atoms with van der Waals surface area (Å²) in [6.45, 7) is 3.37. The van der Waals surface area contributed by atoms with E-state index in [1.54, 1.807) is 36.4 Å². The van der Waals surface area contributed by atoms with Crippen molar-refractivity contribution in [3.63, 3.8) is 0 Å². The van der Waals surface area contributed by atoms with Crippen LogP contribution in [0.3, 0.4) is 0 Å². The van der Waals surface area contributed by atoms with Crippen molar-refractivity contribution in [1.29, 1.82) is 0 Å². The van der Waals surface area contributed by atoms with Gasteiger partial charge >= 0.3 is 12.0 Å². The number of ether oxygens (including phenoxy) is 3. The summed E-state index contributed by atoms with van der Waals surface area (Å²) >= 11 is 0. The lowest BCUT2D eigenvalue weighted by Crippen LogP contribution is -2.32. The molecule has 244 valence electrons. The number of aliphatic hydroxyl groups is 1. The molecule has 0 saturated carbocycles. The van der Waals surface area contributed by atoms with Crippen molar-refractivity contribution in [2.24, 2.45) is 0 Å². The zero-order valence-corrected chi connectivity index (χ0v) is 26.6. The lowest BCUT2D eigenvalue weighted by atomic mass is 10.1. The molecule has 45 heavy (non-hydrogen) atoms. The molecule has 0 aliphatic carbocycles. The quantitative estimate of drug-likeness (QED) is 0.0810. The summed E-state index contributed by atoms with van der Waals surface area (Å²) in [5.41, 5.74) is 1.07. The van der Waals surface area contributed by atoms with E-state index >= 15 is 0 Å². The number of benzene rings is 2. The number of ketones is 1. The van der Waals surface area contributed by atoms with E-state index < -0.39 is 23.7 Å². The Balaban J connectivity index is 1.65. The van der Waals surface area contributed by atoms with Crippen LogP contribution in [0.1, 0.15) is 94.5 Å². The highest BCUT2D eigenvalue weighted by Crippen LogP contribution is 2.29. The van der Waals surface area contributed by atoms with E-state index in [-0.39, 0.29) is 42.0 Å². The minimum atomic E-state index is -1.46. The third-order valence-corrected chi connectivity index (χ3v) is 7.26. The number of aromatic nitrogens is 3. The van der Waals surface area contributed by atoms with Crippen molar-refractivity contribution < 1.29 is 33.7 Å². The predicted molar refractivity (Wildman–Crippen MR) is 172 cm³/mol. The second-order valence-electron chi connectivity index (χ2n) is 10.8. The molecule has 2 aromatic carbocycles. The number of carbonyl (C=O) groups excluding carboxylic acids is 3. The SMILES string of the molecule is CCCCCCCCCCCCOC(=O)c1ccc(OC)c(NC(=O)C(C(C)=O)n2nc(-c3ccccc3)nc2OCCO)c1. The number of carbonyl (C=O) groups is 3. The van der Waals surface area contributed by atoms with Gasteiger partial charge in [-0.25, -0.2) is 4.79 Å². The van der Waals surface area contributed by atoms with Crippen LogP contribution >= 0.6 is 0 Å². The summed E-state index contributed by atoms with van der Waals surface area (Å²) in [4.78, 5) is 43.5. The molecule has 0 spiro atoms. The minimum absolute atomic E-state index is 0.102. The van der Waals surface area contributed by atoms with Crippen LogP contribution < -0.4 is 14.8 Å². The van der Waals surface area contributed by atoms with E-state index in [9.17, 15) is 19.5 Å². The minimum Gasteiger partial charge on any atom is -0.495 e. The first-order valence-electron chi connectivity index (χ1n) is 15.8. The maximum absolute atomic E-state index is 13.6. The van der Waals surface area contributed by atoms with Crippen molar-refractivity contribution in [2.75, 3.05) is 32.2 Å². The molecule has 1 aromatic heterocycles. The normalized spacial score (nSPS) is 11.6. The molecule has 0 aliphatic heterocycles. The van der Waals surface area contributed by atoms with Crippen LogP contribution in [0.4, 0.5) is 5.69 Å². The third-order valence-electron chi connectivity index (χ3n) is 7.26. The van der Waals surface area contributed by atoms with Crippen molar-refractivity contribution in [3.8, 4) is 23.1 Å². The zero-order valence-electron chi connectivity index (χ0n) is 26.6. The van der Waals surface area contributed by atoms with Crippen LogP contribution in [-0.2, 0) is 14.3 Å². The Morgan fingerprint density at radius 2 is 1.58 bits per heavy atom. The van der Waals surface area contributed by atoms with Crippen LogP contribution in [-0.4, -0.2) is 64.5 Å². The smallest absolute Gasteiger partial charge is 0.338 e. The summed E-state index contributed by atoms with van der Waals surface area (Å²) in [7, 11) is 1.43. The lowest BCUT2D eigenvalue weighted by molar-refractivity contribution is -0.129. The highest BCUT2D eigenvalue weighted by atomic mass is 16.5. The average molecular weight is 623 g/mol. The van der Waals surface area contributed by atoms with Gasteiger partial charge in [0.25, 0.3) is 5.91 Å². The Morgan fingerprint density at radius 1 is 0.911 bits per heavy atom. The van der Waals surface area contributed by atoms with Crippen LogP contribution in [0.2, 0.25) is 0 Å². The molecule has 0 radical (unpaired) electrons. The Hall–Kier alpha value is -4.25. The molecule has 1 amide bonds. The number of rotatable bonds is 21.